The summed E-state index contributed by atoms with van der Waals surface area (Å²) in [6.45, 7) is 5.40. The van der Waals surface area contributed by atoms with Crippen molar-refractivity contribution >= 4 is 38.6 Å². The fourth-order valence-electron chi connectivity index (χ4n) is 7.23. The molecule has 0 saturated heterocycles. The monoisotopic (exact) mass is 774 g/mol. The zero-order chi connectivity index (χ0) is 39.5. The molecule has 5 aromatic rings. The van der Waals surface area contributed by atoms with Gasteiger partial charge in [-0.15, -0.1) is 6.58 Å². The molecule has 3 N–H and O–H groups in total. The highest BCUT2D eigenvalue weighted by molar-refractivity contribution is 7.90. The average Bonchev–Trinajstić information content (AvgIpc) is 3.79. The van der Waals surface area contributed by atoms with Crippen molar-refractivity contribution in [1.82, 2.24) is 20.3 Å². The molecule has 1 heterocycles. The maximum Gasteiger partial charge on any atom is 0.264 e. The Morgan fingerprint density at radius 2 is 1.66 bits per heavy atom. The van der Waals surface area contributed by atoms with Crippen molar-refractivity contribution in [1.29, 1.82) is 0 Å². The van der Waals surface area contributed by atoms with Crippen LogP contribution in [-0.4, -0.2) is 55.9 Å². The summed E-state index contributed by atoms with van der Waals surface area (Å²) >= 11 is 0. The summed E-state index contributed by atoms with van der Waals surface area (Å²) in [6, 6.07) is 31.7. The van der Waals surface area contributed by atoms with Crippen LogP contribution in [0.1, 0.15) is 31.7 Å². The summed E-state index contributed by atoms with van der Waals surface area (Å²) in [4.78, 5) is 45.0. The molecule has 2 saturated carbocycles. The first-order valence-electron chi connectivity index (χ1n) is 18.2. The number of ether oxygens (including phenoxy) is 3. The topological polar surface area (TPSA) is 162 Å². The highest BCUT2D eigenvalue weighted by Crippen LogP contribution is 2.46. The van der Waals surface area contributed by atoms with Gasteiger partial charge in [0.15, 0.2) is 0 Å². The molecule has 13 heteroatoms. The standard InChI is InChI=1S/C43H42N4O8S/c1-4-30-25-43(30,42(50)47-56(51,52)34-17-11-16-32(20-34)54-26-28-12-7-5-8-13-28)46-41(49)36-21-33(23-39(36)44-27(2)48)55-40-24-37(29-14-9-6-10-15-29)45-38-22-31(53-3)18-19-35(38)40/h4-20,22,24,30,33,36,39H,1,21,23,25-26H2,2-3H3,(H,44,48)(H,46,49)(H,47,50)/t30-,33-,36-,39+,43-/m1/s1. The summed E-state index contributed by atoms with van der Waals surface area (Å²) in [5, 5.41) is 6.48. The zero-order valence-electron chi connectivity index (χ0n) is 30.9. The zero-order valence-corrected chi connectivity index (χ0v) is 31.8. The third kappa shape index (κ3) is 8.22. The van der Waals surface area contributed by atoms with Crippen LogP contribution in [0, 0.1) is 11.8 Å². The number of pyridine rings is 1. The Morgan fingerprint density at radius 3 is 2.36 bits per heavy atom. The maximum absolute atomic E-state index is 14.1. The van der Waals surface area contributed by atoms with E-state index < -0.39 is 51.4 Å². The number of amides is 3. The number of aromatic nitrogens is 1. The van der Waals surface area contributed by atoms with E-state index in [0.717, 1.165) is 16.5 Å². The molecule has 0 radical (unpaired) electrons. The SMILES string of the molecule is C=C[C@@H]1C[C@]1(NC(=O)[C@@H]1C[C@@H](Oc2cc(-c3ccccc3)nc3cc(OC)ccc23)C[C@@H]1NC(C)=O)C(=O)NS(=O)(=O)c1cccc(OCc2ccccc2)c1. The third-order valence-electron chi connectivity index (χ3n) is 10.2. The Bertz CT molecular complexity index is 2390. The highest BCUT2D eigenvalue weighted by Gasteiger charge is 2.61. The van der Waals surface area contributed by atoms with Crippen LogP contribution in [0.2, 0.25) is 0 Å². The number of hydrogen-bond acceptors (Lipinski definition) is 9. The van der Waals surface area contributed by atoms with Gasteiger partial charge in [-0.25, -0.2) is 18.1 Å². The summed E-state index contributed by atoms with van der Waals surface area (Å²) in [7, 11) is -2.78. The minimum absolute atomic E-state index is 0.149. The van der Waals surface area contributed by atoms with Crippen LogP contribution in [-0.2, 0) is 31.0 Å². The molecule has 4 aromatic carbocycles. The second-order valence-electron chi connectivity index (χ2n) is 14.1. The van der Waals surface area contributed by atoms with E-state index in [1.807, 2.05) is 84.9 Å². The van der Waals surface area contributed by atoms with E-state index in [1.165, 1.54) is 31.2 Å². The molecule has 12 nitrogen and oxygen atoms in total. The van der Waals surface area contributed by atoms with Crippen molar-refractivity contribution in [2.24, 2.45) is 11.8 Å². The van der Waals surface area contributed by atoms with Crippen LogP contribution in [0.5, 0.6) is 17.2 Å². The second-order valence-corrected chi connectivity index (χ2v) is 15.8. The molecular weight excluding hydrogens is 733 g/mol. The highest BCUT2D eigenvalue weighted by atomic mass is 32.2. The van der Waals surface area contributed by atoms with Gasteiger partial charge in [-0.1, -0.05) is 72.8 Å². The molecule has 0 unspecified atom stereocenters. The Hall–Kier alpha value is -6.21. The second kappa shape index (κ2) is 15.9. The van der Waals surface area contributed by atoms with Crippen molar-refractivity contribution in [2.45, 2.75) is 55.4 Å². The quantitative estimate of drug-likeness (QED) is 0.120. The van der Waals surface area contributed by atoms with Crippen molar-refractivity contribution in [3.8, 4) is 28.5 Å². The van der Waals surface area contributed by atoms with E-state index in [0.29, 0.717) is 34.9 Å². The summed E-state index contributed by atoms with van der Waals surface area (Å²) in [6.07, 6.45) is 1.68. The number of nitrogens with zero attached hydrogens (tertiary/aromatic N) is 1. The van der Waals surface area contributed by atoms with Crippen LogP contribution < -0.4 is 29.6 Å². The van der Waals surface area contributed by atoms with Gasteiger partial charge in [-0.05, 0) is 42.7 Å². The fraction of sp³-hybridized carbons (Fsp3) is 0.256. The minimum atomic E-state index is -4.37. The Balaban J connectivity index is 1.08. The number of methoxy groups -OCH3 is 1. The van der Waals surface area contributed by atoms with Crippen LogP contribution in [0.15, 0.2) is 127 Å². The molecule has 5 atom stereocenters. The Morgan fingerprint density at radius 1 is 0.911 bits per heavy atom. The lowest BCUT2D eigenvalue weighted by Crippen LogP contribution is -2.54. The van der Waals surface area contributed by atoms with Crippen molar-refractivity contribution in [2.75, 3.05) is 7.11 Å². The molecule has 7 rings (SSSR count). The van der Waals surface area contributed by atoms with E-state index >= 15 is 0 Å². The number of fused-ring (bicyclic) bond motifs is 1. The molecule has 288 valence electrons. The summed E-state index contributed by atoms with van der Waals surface area (Å²) in [5.41, 5.74) is 1.58. The lowest BCUT2D eigenvalue weighted by molar-refractivity contribution is -0.132. The first kappa shape index (κ1) is 38.1. The number of carbonyl (C=O) groups is 3. The van der Waals surface area contributed by atoms with E-state index in [4.69, 9.17) is 19.2 Å². The van der Waals surface area contributed by atoms with Crippen molar-refractivity contribution < 1.29 is 37.0 Å². The average molecular weight is 775 g/mol. The Labute approximate surface area is 325 Å². The molecule has 2 fully saturated rings. The summed E-state index contributed by atoms with van der Waals surface area (Å²) < 4.78 is 47.1. The van der Waals surface area contributed by atoms with Gasteiger partial charge in [-0.3, -0.25) is 14.4 Å². The summed E-state index contributed by atoms with van der Waals surface area (Å²) in [5.74, 6) is -1.56. The minimum Gasteiger partial charge on any atom is -0.497 e. The van der Waals surface area contributed by atoms with E-state index in [9.17, 15) is 22.8 Å². The van der Waals surface area contributed by atoms with Gasteiger partial charge in [0, 0.05) is 54.5 Å². The number of sulfonamides is 1. The Kier molecular flexibility index (Phi) is 10.8. The normalized spacial score (nSPS) is 21.4. The first-order valence-corrected chi connectivity index (χ1v) is 19.7. The van der Waals surface area contributed by atoms with Crippen molar-refractivity contribution in [3.05, 3.63) is 127 Å². The van der Waals surface area contributed by atoms with Gasteiger partial charge < -0.3 is 24.8 Å². The van der Waals surface area contributed by atoms with E-state index in [2.05, 4.69) is 21.9 Å². The molecular formula is C43H42N4O8S. The van der Waals surface area contributed by atoms with Crippen LogP contribution in [0.3, 0.4) is 0 Å². The number of hydrogen-bond donors (Lipinski definition) is 3. The number of carbonyl (C=O) groups excluding carboxylic acids is 3. The predicted molar refractivity (Wildman–Crippen MR) is 210 cm³/mol. The van der Waals surface area contributed by atoms with Gasteiger partial charge in [0.05, 0.1) is 29.1 Å². The molecule has 0 bridgehead atoms. The maximum atomic E-state index is 14.1. The third-order valence-corrected chi connectivity index (χ3v) is 11.6. The van der Waals surface area contributed by atoms with Gasteiger partial charge >= 0.3 is 0 Å². The van der Waals surface area contributed by atoms with Gasteiger partial charge in [0.25, 0.3) is 15.9 Å². The molecule has 1 aromatic heterocycles. The van der Waals surface area contributed by atoms with Crippen LogP contribution >= 0.6 is 0 Å². The largest absolute Gasteiger partial charge is 0.497 e. The van der Waals surface area contributed by atoms with E-state index in [-0.39, 0.29) is 30.3 Å². The molecule has 2 aliphatic carbocycles. The predicted octanol–water partition coefficient (Wildman–Crippen LogP) is 5.72. The lowest BCUT2D eigenvalue weighted by atomic mass is 10.0. The van der Waals surface area contributed by atoms with E-state index in [1.54, 1.807) is 13.2 Å². The fourth-order valence-corrected chi connectivity index (χ4v) is 8.30. The van der Waals surface area contributed by atoms with Crippen LogP contribution in [0.4, 0.5) is 0 Å². The van der Waals surface area contributed by atoms with Gasteiger partial charge in [0.1, 0.15) is 35.5 Å². The molecule has 56 heavy (non-hydrogen) atoms. The molecule has 0 aliphatic heterocycles. The number of rotatable bonds is 14. The molecule has 2 aliphatic rings. The van der Waals surface area contributed by atoms with Gasteiger partial charge in [-0.2, -0.15) is 0 Å². The molecule has 3 amide bonds. The number of nitrogens with one attached hydrogen (secondary N) is 3. The van der Waals surface area contributed by atoms with Crippen LogP contribution in [0.25, 0.3) is 22.2 Å². The molecule has 0 spiro atoms. The van der Waals surface area contributed by atoms with Gasteiger partial charge in [0.2, 0.25) is 11.8 Å². The lowest BCUT2D eigenvalue weighted by Gasteiger charge is -2.24. The number of benzene rings is 4. The van der Waals surface area contributed by atoms with Crippen molar-refractivity contribution in [3.63, 3.8) is 0 Å². The first-order chi connectivity index (χ1) is 27.0. The smallest absolute Gasteiger partial charge is 0.264 e.